The molecule has 1 atom stereocenters. The average Bonchev–Trinajstić information content (AvgIpc) is 3.03. The topological polar surface area (TPSA) is 62.5 Å². The molecule has 1 aromatic heterocycles. The van der Waals surface area contributed by atoms with E-state index in [-0.39, 0.29) is 29.9 Å². The SMILES string of the molecule is CCCC1(CO)CCN(C(=O)Cn2ccc(=O)c3ccccc32)C1. The van der Waals surface area contributed by atoms with Crippen LogP contribution in [0.4, 0.5) is 0 Å². The highest BCUT2D eigenvalue weighted by molar-refractivity contribution is 5.82. The van der Waals surface area contributed by atoms with Crippen LogP contribution in [0.1, 0.15) is 26.2 Å². The summed E-state index contributed by atoms with van der Waals surface area (Å²) in [5.41, 5.74) is 0.605. The molecule has 24 heavy (non-hydrogen) atoms. The zero-order chi connectivity index (χ0) is 17.2. The molecule has 0 bridgehead atoms. The minimum atomic E-state index is -0.143. The number of para-hydroxylation sites is 1. The fourth-order valence-electron chi connectivity index (χ4n) is 3.73. The maximum atomic E-state index is 12.7. The Morgan fingerprint density at radius 3 is 2.83 bits per heavy atom. The van der Waals surface area contributed by atoms with Gasteiger partial charge in [-0.25, -0.2) is 0 Å². The molecule has 1 unspecified atom stereocenters. The fraction of sp³-hybridized carbons (Fsp3) is 0.474. The molecule has 0 aliphatic carbocycles. The highest BCUT2D eigenvalue weighted by atomic mass is 16.3. The van der Waals surface area contributed by atoms with E-state index in [2.05, 4.69) is 6.92 Å². The normalized spacial score (nSPS) is 20.7. The van der Waals surface area contributed by atoms with Gasteiger partial charge in [0.2, 0.25) is 5.91 Å². The second kappa shape index (κ2) is 6.77. The summed E-state index contributed by atoms with van der Waals surface area (Å²) < 4.78 is 1.83. The van der Waals surface area contributed by atoms with E-state index in [1.54, 1.807) is 12.3 Å². The van der Waals surface area contributed by atoms with Crippen LogP contribution in [0, 0.1) is 5.41 Å². The number of rotatable bonds is 5. The summed E-state index contributed by atoms with van der Waals surface area (Å²) in [5.74, 6) is 0.0373. The zero-order valence-corrected chi connectivity index (χ0v) is 14.1. The molecule has 1 N–H and O–H groups in total. The van der Waals surface area contributed by atoms with Gasteiger partial charge in [0, 0.05) is 36.2 Å². The third-order valence-corrected chi connectivity index (χ3v) is 5.10. The number of aliphatic hydroxyl groups excluding tert-OH is 1. The van der Waals surface area contributed by atoms with Crippen molar-refractivity contribution in [2.24, 2.45) is 5.41 Å². The van der Waals surface area contributed by atoms with Crippen molar-refractivity contribution in [2.75, 3.05) is 19.7 Å². The number of likely N-dealkylation sites (tertiary alicyclic amines) is 1. The molecule has 5 nitrogen and oxygen atoms in total. The molecule has 0 radical (unpaired) electrons. The van der Waals surface area contributed by atoms with Crippen molar-refractivity contribution >= 4 is 16.8 Å². The Bertz CT molecular complexity index is 799. The lowest BCUT2D eigenvalue weighted by Gasteiger charge is -2.26. The van der Waals surface area contributed by atoms with Gasteiger partial charge >= 0.3 is 0 Å². The van der Waals surface area contributed by atoms with Crippen LogP contribution in [0.3, 0.4) is 0 Å². The molecular formula is C19H24N2O3. The molecule has 128 valence electrons. The van der Waals surface area contributed by atoms with E-state index in [9.17, 15) is 14.7 Å². The van der Waals surface area contributed by atoms with E-state index in [0.717, 1.165) is 24.8 Å². The van der Waals surface area contributed by atoms with E-state index in [1.807, 2.05) is 27.7 Å². The zero-order valence-electron chi connectivity index (χ0n) is 14.1. The van der Waals surface area contributed by atoms with Gasteiger partial charge in [0.05, 0.1) is 12.1 Å². The first kappa shape index (κ1) is 16.7. The Kier molecular flexibility index (Phi) is 4.71. The first-order chi connectivity index (χ1) is 11.6. The van der Waals surface area contributed by atoms with Crippen molar-refractivity contribution in [2.45, 2.75) is 32.7 Å². The molecule has 1 fully saturated rings. The molecule has 5 heteroatoms. The van der Waals surface area contributed by atoms with Gasteiger partial charge < -0.3 is 14.6 Å². The van der Waals surface area contributed by atoms with Crippen molar-refractivity contribution in [3.05, 3.63) is 46.8 Å². The van der Waals surface area contributed by atoms with Crippen molar-refractivity contribution in [3.63, 3.8) is 0 Å². The number of aromatic nitrogens is 1. The van der Waals surface area contributed by atoms with Crippen molar-refractivity contribution in [3.8, 4) is 0 Å². The molecule has 1 aliphatic heterocycles. The molecule has 1 saturated heterocycles. The van der Waals surface area contributed by atoms with Gasteiger partial charge in [-0.2, -0.15) is 0 Å². The number of nitrogens with zero attached hydrogens (tertiary/aromatic N) is 2. The van der Waals surface area contributed by atoms with Crippen LogP contribution >= 0.6 is 0 Å². The lowest BCUT2D eigenvalue weighted by molar-refractivity contribution is -0.131. The maximum Gasteiger partial charge on any atom is 0.242 e. The second-order valence-corrected chi connectivity index (χ2v) is 6.80. The lowest BCUT2D eigenvalue weighted by atomic mass is 9.83. The minimum Gasteiger partial charge on any atom is -0.396 e. The standard InChI is InChI=1S/C19H24N2O3/c1-2-8-19(14-22)9-11-21(13-19)18(24)12-20-10-7-17(23)15-5-3-4-6-16(15)20/h3-7,10,22H,2,8-9,11-14H2,1H3. The largest absolute Gasteiger partial charge is 0.396 e. The number of benzene rings is 1. The Hall–Kier alpha value is -2.14. The van der Waals surface area contributed by atoms with E-state index in [0.29, 0.717) is 18.5 Å². The number of hydrogen-bond donors (Lipinski definition) is 1. The predicted molar refractivity (Wildman–Crippen MR) is 93.8 cm³/mol. The monoisotopic (exact) mass is 328 g/mol. The third-order valence-electron chi connectivity index (χ3n) is 5.10. The molecule has 0 spiro atoms. The maximum absolute atomic E-state index is 12.7. The van der Waals surface area contributed by atoms with Crippen LogP contribution in [0.25, 0.3) is 10.9 Å². The molecular weight excluding hydrogens is 304 g/mol. The van der Waals surface area contributed by atoms with Crippen LogP contribution in [-0.2, 0) is 11.3 Å². The average molecular weight is 328 g/mol. The smallest absolute Gasteiger partial charge is 0.242 e. The summed E-state index contributed by atoms with van der Waals surface area (Å²) in [7, 11) is 0. The molecule has 2 heterocycles. The van der Waals surface area contributed by atoms with Crippen molar-refractivity contribution in [1.29, 1.82) is 0 Å². The number of amides is 1. The summed E-state index contributed by atoms with van der Waals surface area (Å²) in [5, 5.41) is 10.4. The summed E-state index contributed by atoms with van der Waals surface area (Å²) in [6.07, 6.45) is 4.49. The van der Waals surface area contributed by atoms with Gasteiger partial charge in [0.1, 0.15) is 6.54 Å². The van der Waals surface area contributed by atoms with Crippen LogP contribution in [0.5, 0.6) is 0 Å². The number of aliphatic hydroxyl groups is 1. The van der Waals surface area contributed by atoms with Crippen LogP contribution in [-0.4, -0.2) is 40.2 Å². The summed E-state index contributed by atoms with van der Waals surface area (Å²) in [6, 6.07) is 8.86. The molecule has 1 amide bonds. The molecule has 0 saturated carbocycles. The fourth-order valence-corrected chi connectivity index (χ4v) is 3.73. The van der Waals surface area contributed by atoms with Gasteiger partial charge in [-0.3, -0.25) is 9.59 Å². The second-order valence-electron chi connectivity index (χ2n) is 6.80. The van der Waals surface area contributed by atoms with E-state index >= 15 is 0 Å². The molecule has 2 aromatic rings. The van der Waals surface area contributed by atoms with E-state index in [4.69, 9.17) is 0 Å². The first-order valence-corrected chi connectivity index (χ1v) is 8.55. The van der Waals surface area contributed by atoms with Gasteiger partial charge in [-0.15, -0.1) is 0 Å². The van der Waals surface area contributed by atoms with Gasteiger partial charge in [0.15, 0.2) is 5.43 Å². The molecule has 1 aromatic carbocycles. The van der Waals surface area contributed by atoms with Crippen LogP contribution < -0.4 is 5.43 Å². The first-order valence-electron chi connectivity index (χ1n) is 8.55. The highest BCUT2D eigenvalue weighted by Crippen LogP contribution is 2.34. The Morgan fingerprint density at radius 1 is 1.29 bits per heavy atom. The third kappa shape index (κ3) is 3.08. The summed E-state index contributed by atoms with van der Waals surface area (Å²) >= 11 is 0. The Morgan fingerprint density at radius 2 is 2.08 bits per heavy atom. The van der Waals surface area contributed by atoms with E-state index in [1.165, 1.54) is 6.07 Å². The van der Waals surface area contributed by atoms with Crippen LogP contribution in [0.15, 0.2) is 41.3 Å². The summed E-state index contributed by atoms with van der Waals surface area (Å²) in [4.78, 5) is 26.5. The number of pyridine rings is 1. The predicted octanol–water partition coefficient (Wildman–Crippen LogP) is 2.01. The number of fused-ring (bicyclic) bond motifs is 1. The number of carbonyl (C=O) groups excluding carboxylic acids is 1. The lowest BCUT2D eigenvalue weighted by Crippen LogP contribution is -2.36. The van der Waals surface area contributed by atoms with E-state index < -0.39 is 0 Å². The minimum absolute atomic E-state index is 0.0299. The Balaban J connectivity index is 1.79. The molecule has 1 aliphatic rings. The van der Waals surface area contributed by atoms with Gasteiger partial charge in [-0.1, -0.05) is 25.5 Å². The summed E-state index contributed by atoms with van der Waals surface area (Å²) in [6.45, 7) is 3.76. The van der Waals surface area contributed by atoms with Gasteiger partial charge in [-0.05, 0) is 25.0 Å². The van der Waals surface area contributed by atoms with Crippen molar-refractivity contribution < 1.29 is 9.90 Å². The Labute approximate surface area is 141 Å². The quantitative estimate of drug-likeness (QED) is 0.913. The molecule has 3 rings (SSSR count). The van der Waals surface area contributed by atoms with Crippen molar-refractivity contribution in [1.82, 2.24) is 9.47 Å². The van der Waals surface area contributed by atoms with Gasteiger partial charge in [0.25, 0.3) is 0 Å². The van der Waals surface area contributed by atoms with Crippen LogP contribution in [0.2, 0.25) is 0 Å². The number of hydrogen-bond acceptors (Lipinski definition) is 3. The number of carbonyl (C=O) groups is 1. The highest BCUT2D eigenvalue weighted by Gasteiger charge is 2.38.